The van der Waals surface area contributed by atoms with Crippen LogP contribution in [0.3, 0.4) is 0 Å². The van der Waals surface area contributed by atoms with Crippen molar-refractivity contribution in [1.82, 2.24) is 0 Å². The molecule has 0 aromatic heterocycles. The second-order valence-electron chi connectivity index (χ2n) is 3.78. The third-order valence-electron chi connectivity index (χ3n) is 2.50. The molecule has 0 spiro atoms. The van der Waals surface area contributed by atoms with Gasteiger partial charge in [-0.05, 0) is 24.6 Å². The van der Waals surface area contributed by atoms with Crippen molar-refractivity contribution < 1.29 is 9.47 Å². The van der Waals surface area contributed by atoms with E-state index in [0.29, 0.717) is 13.2 Å². The van der Waals surface area contributed by atoms with Crippen LogP contribution in [-0.4, -0.2) is 25.0 Å². The summed E-state index contributed by atoms with van der Waals surface area (Å²) in [5.41, 5.74) is 5.88. The Bertz CT molecular complexity index is 357. The molecule has 88 valence electrons. The van der Waals surface area contributed by atoms with Gasteiger partial charge in [0.25, 0.3) is 0 Å². The lowest BCUT2D eigenvalue weighted by Crippen LogP contribution is -2.21. The number of benzene rings is 1. The zero-order valence-corrected chi connectivity index (χ0v) is 10.3. The van der Waals surface area contributed by atoms with Crippen LogP contribution < -0.4 is 15.2 Å². The highest BCUT2D eigenvalue weighted by Gasteiger charge is 2.12. The molecule has 16 heavy (non-hydrogen) atoms. The minimum absolute atomic E-state index is 0.262. The summed E-state index contributed by atoms with van der Waals surface area (Å²) in [5.74, 6) is 2.63. The number of thioether (sulfide) groups is 1. The van der Waals surface area contributed by atoms with Crippen molar-refractivity contribution in [3.05, 3.63) is 18.2 Å². The van der Waals surface area contributed by atoms with Crippen molar-refractivity contribution in [2.24, 2.45) is 5.73 Å². The number of hydrogen-bond donors (Lipinski definition) is 1. The summed E-state index contributed by atoms with van der Waals surface area (Å²) in [6, 6.07) is 6.31. The van der Waals surface area contributed by atoms with Crippen LogP contribution in [0.5, 0.6) is 11.5 Å². The largest absolute Gasteiger partial charge is 0.486 e. The molecular formula is C12H17NO2S. The fourth-order valence-electron chi connectivity index (χ4n) is 1.43. The van der Waals surface area contributed by atoms with Gasteiger partial charge in [0.2, 0.25) is 0 Å². The summed E-state index contributed by atoms with van der Waals surface area (Å²) < 4.78 is 11.0. The number of fused-ring (bicyclic) bond motifs is 1. The molecule has 2 N–H and O–H groups in total. The fraction of sp³-hybridized carbons (Fsp3) is 0.500. The Kier molecular flexibility index (Phi) is 3.96. The van der Waals surface area contributed by atoms with Gasteiger partial charge in [0.05, 0.1) is 0 Å². The molecule has 1 unspecified atom stereocenters. The van der Waals surface area contributed by atoms with E-state index in [0.717, 1.165) is 23.7 Å². The van der Waals surface area contributed by atoms with Crippen molar-refractivity contribution in [3.63, 3.8) is 0 Å². The van der Waals surface area contributed by atoms with Crippen LogP contribution >= 0.6 is 11.8 Å². The highest BCUT2D eigenvalue weighted by molar-refractivity contribution is 7.99. The van der Waals surface area contributed by atoms with E-state index < -0.39 is 0 Å². The molecule has 1 aliphatic rings. The van der Waals surface area contributed by atoms with E-state index in [-0.39, 0.29) is 6.04 Å². The molecule has 0 amide bonds. The van der Waals surface area contributed by atoms with Crippen LogP contribution in [0.2, 0.25) is 0 Å². The lowest BCUT2D eigenvalue weighted by Gasteiger charge is -2.19. The molecule has 1 heterocycles. The van der Waals surface area contributed by atoms with Crippen molar-refractivity contribution in [2.75, 3.05) is 19.0 Å². The van der Waals surface area contributed by atoms with E-state index in [1.807, 2.05) is 12.1 Å². The number of ether oxygens (including phenoxy) is 2. The summed E-state index contributed by atoms with van der Waals surface area (Å²) in [6.45, 7) is 3.38. The average Bonchev–Trinajstić information content (AvgIpc) is 2.35. The summed E-state index contributed by atoms with van der Waals surface area (Å²) in [6.07, 6.45) is 1.01. The molecule has 0 fully saturated rings. The topological polar surface area (TPSA) is 44.5 Å². The van der Waals surface area contributed by atoms with Crippen LogP contribution in [0, 0.1) is 0 Å². The Morgan fingerprint density at radius 1 is 1.31 bits per heavy atom. The second kappa shape index (κ2) is 5.46. The first-order valence-electron chi connectivity index (χ1n) is 5.57. The van der Waals surface area contributed by atoms with Gasteiger partial charge in [-0.3, -0.25) is 0 Å². The molecule has 0 aliphatic carbocycles. The minimum atomic E-state index is 0.262. The van der Waals surface area contributed by atoms with Crippen molar-refractivity contribution >= 4 is 11.8 Å². The normalized spacial score (nSPS) is 15.9. The Labute approximate surface area is 100 Å². The maximum atomic E-state index is 5.88. The Hall–Kier alpha value is -0.870. The zero-order chi connectivity index (χ0) is 11.4. The predicted molar refractivity (Wildman–Crippen MR) is 66.4 cm³/mol. The second-order valence-corrected chi connectivity index (χ2v) is 4.88. The van der Waals surface area contributed by atoms with Crippen LogP contribution in [0.15, 0.2) is 23.1 Å². The maximum absolute atomic E-state index is 5.88. The third kappa shape index (κ3) is 2.83. The van der Waals surface area contributed by atoms with Crippen molar-refractivity contribution in [2.45, 2.75) is 24.3 Å². The van der Waals surface area contributed by atoms with E-state index in [1.54, 1.807) is 11.8 Å². The molecule has 1 atom stereocenters. The summed E-state index contributed by atoms with van der Waals surface area (Å²) in [5, 5.41) is 0. The summed E-state index contributed by atoms with van der Waals surface area (Å²) >= 11 is 1.77. The Morgan fingerprint density at radius 2 is 2.06 bits per heavy atom. The molecule has 3 nitrogen and oxygen atoms in total. The highest BCUT2D eigenvalue weighted by Crippen LogP contribution is 2.34. The monoisotopic (exact) mass is 239 g/mol. The average molecular weight is 239 g/mol. The molecule has 2 rings (SSSR count). The summed E-state index contributed by atoms with van der Waals surface area (Å²) in [7, 11) is 0. The standard InChI is InChI=1S/C12H17NO2S/c1-2-9(13)8-16-10-3-4-11-12(7-10)15-6-5-14-11/h3-4,7,9H,2,5-6,8,13H2,1H3. The SMILES string of the molecule is CCC(N)CSc1ccc2c(c1)OCCO2. The third-order valence-corrected chi connectivity index (χ3v) is 3.68. The van der Waals surface area contributed by atoms with Crippen molar-refractivity contribution in [3.8, 4) is 11.5 Å². The quantitative estimate of drug-likeness (QED) is 0.819. The van der Waals surface area contributed by atoms with Crippen LogP contribution in [-0.2, 0) is 0 Å². The van der Waals surface area contributed by atoms with Gasteiger partial charge < -0.3 is 15.2 Å². The lowest BCUT2D eigenvalue weighted by molar-refractivity contribution is 0.171. The van der Waals surface area contributed by atoms with Crippen LogP contribution in [0.4, 0.5) is 0 Å². The van der Waals surface area contributed by atoms with Gasteiger partial charge in [0, 0.05) is 16.7 Å². The van der Waals surface area contributed by atoms with Crippen LogP contribution in [0.25, 0.3) is 0 Å². The summed E-state index contributed by atoms with van der Waals surface area (Å²) in [4.78, 5) is 1.19. The number of rotatable bonds is 4. The van der Waals surface area contributed by atoms with E-state index >= 15 is 0 Å². The smallest absolute Gasteiger partial charge is 0.162 e. The molecule has 1 aromatic carbocycles. The van der Waals surface area contributed by atoms with Gasteiger partial charge in [0.15, 0.2) is 11.5 Å². The van der Waals surface area contributed by atoms with E-state index in [4.69, 9.17) is 15.2 Å². The minimum Gasteiger partial charge on any atom is -0.486 e. The van der Waals surface area contributed by atoms with E-state index in [9.17, 15) is 0 Å². The zero-order valence-electron chi connectivity index (χ0n) is 9.44. The molecule has 0 saturated carbocycles. The van der Waals surface area contributed by atoms with Gasteiger partial charge in [0.1, 0.15) is 13.2 Å². The molecule has 0 saturated heterocycles. The predicted octanol–water partition coefficient (Wildman–Crippen LogP) is 2.29. The number of nitrogens with two attached hydrogens (primary N) is 1. The maximum Gasteiger partial charge on any atom is 0.162 e. The van der Waals surface area contributed by atoms with Crippen molar-refractivity contribution in [1.29, 1.82) is 0 Å². The highest BCUT2D eigenvalue weighted by atomic mass is 32.2. The van der Waals surface area contributed by atoms with Gasteiger partial charge in [-0.15, -0.1) is 11.8 Å². The molecular weight excluding hydrogens is 222 g/mol. The first-order valence-corrected chi connectivity index (χ1v) is 6.56. The Morgan fingerprint density at radius 3 is 2.81 bits per heavy atom. The number of hydrogen-bond acceptors (Lipinski definition) is 4. The van der Waals surface area contributed by atoms with Crippen LogP contribution in [0.1, 0.15) is 13.3 Å². The van der Waals surface area contributed by atoms with Gasteiger partial charge in [-0.2, -0.15) is 0 Å². The van der Waals surface area contributed by atoms with E-state index in [2.05, 4.69) is 13.0 Å². The van der Waals surface area contributed by atoms with E-state index in [1.165, 1.54) is 4.90 Å². The first kappa shape index (κ1) is 11.6. The molecule has 0 bridgehead atoms. The Balaban J connectivity index is 2.00. The molecule has 1 aliphatic heterocycles. The van der Waals surface area contributed by atoms with Gasteiger partial charge in [-0.25, -0.2) is 0 Å². The molecule has 1 aromatic rings. The first-order chi connectivity index (χ1) is 7.79. The molecule has 0 radical (unpaired) electrons. The fourth-order valence-corrected chi connectivity index (χ4v) is 2.43. The molecule has 4 heteroatoms. The van der Waals surface area contributed by atoms with Gasteiger partial charge in [-0.1, -0.05) is 6.92 Å². The van der Waals surface area contributed by atoms with Gasteiger partial charge >= 0.3 is 0 Å². The lowest BCUT2D eigenvalue weighted by atomic mass is 10.3.